The fourth-order valence-corrected chi connectivity index (χ4v) is 0.449. The Morgan fingerprint density at radius 1 is 1.43 bits per heavy atom. The van der Waals surface area contributed by atoms with Crippen LogP contribution in [0.1, 0.15) is 0 Å². The van der Waals surface area contributed by atoms with Crippen LogP contribution in [0.15, 0.2) is 6.20 Å². The second kappa shape index (κ2) is 2.21. The topological polar surface area (TPSA) is 51.6 Å². The van der Waals surface area contributed by atoms with Crippen molar-refractivity contribution in [3.8, 4) is 0 Å². The van der Waals surface area contributed by atoms with E-state index in [2.05, 4.69) is 20.6 Å². The molecule has 1 aromatic heterocycles. The molecule has 0 radical (unpaired) electrons. The van der Waals surface area contributed by atoms with Gasteiger partial charge in [0.05, 0.1) is 0 Å². The molecular formula is C2HN4Zr. The Morgan fingerprint density at radius 3 is 2.57 bits per heavy atom. The van der Waals surface area contributed by atoms with E-state index in [-0.39, 0.29) is 0 Å². The summed E-state index contributed by atoms with van der Waals surface area (Å²) in [6.45, 7) is 0. The van der Waals surface area contributed by atoms with Crippen LogP contribution in [0.5, 0.6) is 0 Å². The Labute approximate surface area is 55.2 Å². The van der Waals surface area contributed by atoms with Crippen LogP contribution < -0.4 is 3.40 Å². The first kappa shape index (κ1) is 4.97. The summed E-state index contributed by atoms with van der Waals surface area (Å²) in [6, 6.07) is 0. The Balaban J connectivity index is 3.02. The van der Waals surface area contributed by atoms with Crippen molar-refractivity contribution in [2.45, 2.75) is 0 Å². The van der Waals surface area contributed by atoms with Gasteiger partial charge < -0.3 is 0 Å². The number of rotatable bonds is 0. The van der Waals surface area contributed by atoms with Crippen LogP contribution in [-0.2, 0) is 24.7 Å². The first-order chi connectivity index (χ1) is 3.39. The van der Waals surface area contributed by atoms with Gasteiger partial charge in [0.1, 0.15) is 0 Å². The number of aromatic nitrogens is 4. The SMILES string of the molecule is [Zr][c]1cnnnn1. The first-order valence-electron chi connectivity index (χ1n) is 1.62. The summed E-state index contributed by atoms with van der Waals surface area (Å²) in [7, 11) is 0. The molecule has 0 amide bonds. The van der Waals surface area contributed by atoms with E-state index < -0.39 is 0 Å². The fraction of sp³-hybridized carbons (Fsp3) is 0. The molecule has 0 aliphatic heterocycles. The monoisotopic (exact) mass is 171 g/mol. The van der Waals surface area contributed by atoms with Crippen molar-refractivity contribution < 1.29 is 24.7 Å². The van der Waals surface area contributed by atoms with Crippen molar-refractivity contribution in [2.75, 3.05) is 0 Å². The quantitative estimate of drug-likeness (QED) is 0.475. The van der Waals surface area contributed by atoms with Crippen LogP contribution in [0.3, 0.4) is 0 Å². The van der Waals surface area contributed by atoms with E-state index >= 15 is 0 Å². The van der Waals surface area contributed by atoms with E-state index in [1.807, 2.05) is 0 Å². The van der Waals surface area contributed by atoms with Crippen molar-refractivity contribution in [3.05, 3.63) is 6.20 Å². The Hall–Kier alpha value is -0.177. The van der Waals surface area contributed by atoms with Crippen LogP contribution in [-0.4, -0.2) is 20.6 Å². The third kappa shape index (κ3) is 1.39. The molecule has 0 aliphatic carbocycles. The van der Waals surface area contributed by atoms with Gasteiger partial charge in [-0.15, -0.1) is 0 Å². The maximum absolute atomic E-state index is 3.60. The maximum atomic E-state index is 3.60. The zero-order chi connectivity index (χ0) is 5.11. The summed E-state index contributed by atoms with van der Waals surface area (Å²) in [4.78, 5) is 0. The molecule has 1 aromatic rings. The van der Waals surface area contributed by atoms with Gasteiger partial charge >= 0.3 is 54.9 Å². The summed E-state index contributed by atoms with van der Waals surface area (Å²) >= 11 is 1.22. The molecule has 7 heavy (non-hydrogen) atoms. The van der Waals surface area contributed by atoms with E-state index in [4.69, 9.17) is 0 Å². The molecule has 4 nitrogen and oxygen atoms in total. The second-order valence-electron chi connectivity index (χ2n) is 0.909. The van der Waals surface area contributed by atoms with Crippen molar-refractivity contribution in [3.63, 3.8) is 0 Å². The van der Waals surface area contributed by atoms with E-state index in [9.17, 15) is 0 Å². The molecule has 33 valence electrons. The van der Waals surface area contributed by atoms with E-state index in [0.29, 0.717) is 0 Å². The molecule has 0 atom stereocenters. The van der Waals surface area contributed by atoms with Gasteiger partial charge in [-0.05, 0) is 0 Å². The minimum absolute atomic E-state index is 0.877. The molecule has 1 rings (SSSR count). The standard InChI is InChI=1S/C2HN4.Zr/c1-2-4-6-5-3-1;/h1H;. The number of hydrogen-bond acceptors (Lipinski definition) is 4. The van der Waals surface area contributed by atoms with Crippen molar-refractivity contribution >= 4 is 3.40 Å². The van der Waals surface area contributed by atoms with Gasteiger partial charge in [-0.1, -0.05) is 0 Å². The third-order valence-electron chi connectivity index (χ3n) is 0.424. The molecule has 0 aromatic carbocycles. The van der Waals surface area contributed by atoms with Crippen LogP contribution in [0, 0.1) is 0 Å². The summed E-state index contributed by atoms with van der Waals surface area (Å²) < 4.78 is 0.877. The number of nitrogens with zero attached hydrogens (tertiary/aromatic N) is 4. The summed E-state index contributed by atoms with van der Waals surface area (Å²) in [5.74, 6) is 0. The van der Waals surface area contributed by atoms with Crippen molar-refractivity contribution in [2.24, 2.45) is 0 Å². The van der Waals surface area contributed by atoms with Gasteiger partial charge in [-0.2, -0.15) is 0 Å². The van der Waals surface area contributed by atoms with Gasteiger partial charge in [-0.3, -0.25) is 0 Å². The Kier molecular flexibility index (Phi) is 1.57. The van der Waals surface area contributed by atoms with Crippen LogP contribution in [0.25, 0.3) is 0 Å². The minimum atomic E-state index is 0.877. The van der Waals surface area contributed by atoms with Crippen LogP contribution >= 0.6 is 0 Å². The zero-order valence-electron chi connectivity index (χ0n) is 3.37. The second-order valence-corrected chi connectivity index (χ2v) is 2.17. The molecule has 0 N–H and O–H groups in total. The van der Waals surface area contributed by atoms with Crippen LogP contribution in [0.4, 0.5) is 0 Å². The van der Waals surface area contributed by atoms with Crippen molar-refractivity contribution in [1.82, 2.24) is 20.6 Å². The molecule has 5 heteroatoms. The van der Waals surface area contributed by atoms with E-state index in [1.54, 1.807) is 6.20 Å². The Morgan fingerprint density at radius 2 is 2.29 bits per heavy atom. The molecule has 0 fully saturated rings. The summed E-state index contributed by atoms with van der Waals surface area (Å²) in [5, 5.41) is 13.6. The molecule has 1 heterocycles. The van der Waals surface area contributed by atoms with E-state index in [0.717, 1.165) is 3.40 Å². The summed E-state index contributed by atoms with van der Waals surface area (Å²) in [6.07, 6.45) is 1.59. The fourth-order valence-electron chi connectivity index (χ4n) is 0.198. The van der Waals surface area contributed by atoms with Crippen LogP contribution in [0.2, 0.25) is 0 Å². The molecule has 0 bridgehead atoms. The molecule has 0 saturated carbocycles. The van der Waals surface area contributed by atoms with Gasteiger partial charge in [-0.25, -0.2) is 0 Å². The average molecular weight is 172 g/mol. The van der Waals surface area contributed by atoms with Gasteiger partial charge in [0.15, 0.2) is 0 Å². The molecule has 0 unspecified atom stereocenters. The van der Waals surface area contributed by atoms with Crippen molar-refractivity contribution in [1.29, 1.82) is 0 Å². The van der Waals surface area contributed by atoms with Gasteiger partial charge in [0.25, 0.3) is 0 Å². The predicted octanol–water partition coefficient (Wildman–Crippen LogP) is -1.56. The Bertz CT molecular complexity index is 140. The predicted molar refractivity (Wildman–Crippen MR) is 17.3 cm³/mol. The third-order valence-corrected chi connectivity index (χ3v) is 0.987. The zero-order valence-corrected chi connectivity index (χ0v) is 5.82. The van der Waals surface area contributed by atoms with Gasteiger partial charge in [0, 0.05) is 0 Å². The molecular weight excluding hydrogens is 171 g/mol. The molecule has 0 saturated heterocycles. The molecule has 0 aliphatic rings. The van der Waals surface area contributed by atoms with E-state index in [1.165, 1.54) is 24.7 Å². The molecule has 0 spiro atoms. The average Bonchev–Trinajstić information content (AvgIpc) is 1.69. The normalized spacial score (nSPS) is 8.43. The first-order valence-corrected chi connectivity index (χ1v) is 2.85. The number of hydrogen-bond donors (Lipinski definition) is 0. The summed E-state index contributed by atoms with van der Waals surface area (Å²) in [5.41, 5.74) is 0. The van der Waals surface area contributed by atoms with Gasteiger partial charge in [0.2, 0.25) is 0 Å².